The van der Waals surface area contributed by atoms with Crippen LogP contribution in [0.5, 0.6) is 0 Å². The lowest BCUT2D eigenvalue weighted by molar-refractivity contribution is -0.00000992. The van der Waals surface area contributed by atoms with Gasteiger partial charge < -0.3 is 18.1 Å². The first kappa shape index (κ1) is 8.46. The molecular weight excluding hydrogens is 158 g/mol. The van der Waals surface area contributed by atoms with Crippen molar-refractivity contribution in [2.45, 2.75) is 0 Å². The fraction of sp³-hybridized carbons (Fsp3) is 0. The number of primary amides is 1. The average Bonchev–Trinajstić information content (AvgIpc) is 2.12. The number of halogens is 1. The number of carbonyl (C=O) groups excluding carboxylic acids is 1. The average molecular weight is 163 g/mol. The van der Waals surface area contributed by atoms with Crippen LogP contribution in [0.4, 0.5) is 0 Å². The standard InChI is InChI=1S/C5H5NOS.ClH/c6-5(7)4-2-1-3-8-4;/h1-3H,(H2,6,7);1H/p-1. The van der Waals surface area contributed by atoms with Crippen molar-refractivity contribution in [2.75, 3.05) is 0 Å². The summed E-state index contributed by atoms with van der Waals surface area (Å²) in [5.41, 5.74) is 4.93. The van der Waals surface area contributed by atoms with E-state index in [1.165, 1.54) is 11.3 Å². The highest BCUT2D eigenvalue weighted by Crippen LogP contribution is 2.05. The van der Waals surface area contributed by atoms with Crippen LogP contribution >= 0.6 is 11.3 Å². The molecule has 1 amide bonds. The summed E-state index contributed by atoms with van der Waals surface area (Å²) in [6.07, 6.45) is 0. The van der Waals surface area contributed by atoms with E-state index in [4.69, 9.17) is 5.73 Å². The molecule has 4 heteroatoms. The second-order valence-corrected chi connectivity index (χ2v) is 2.29. The molecule has 0 saturated heterocycles. The number of thiophene rings is 1. The van der Waals surface area contributed by atoms with Crippen LogP contribution in [-0.2, 0) is 0 Å². The lowest BCUT2D eigenvalue weighted by Crippen LogP contribution is -3.00. The Balaban J connectivity index is 0.000000640. The Kier molecular flexibility index (Phi) is 3.27. The topological polar surface area (TPSA) is 43.1 Å². The van der Waals surface area contributed by atoms with E-state index in [0.29, 0.717) is 4.88 Å². The molecule has 1 rings (SSSR count). The monoisotopic (exact) mass is 162 g/mol. The van der Waals surface area contributed by atoms with Crippen molar-refractivity contribution in [3.05, 3.63) is 22.4 Å². The molecule has 0 spiro atoms. The van der Waals surface area contributed by atoms with Crippen molar-refractivity contribution in [3.8, 4) is 0 Å². The number of hydrogen-bond donors (Lipinski definition) is 1. The number of carbonyl (C=O) groups is 1. The third-order valence-corrected chi connectivity index (χ3v) is 1.65. The van der Waals surface area contributed by atoms with Crippen LogP contribution in [0.3, 0.4) is 0 Å². The molecule has 0 saturated carbocycles. The number of hydrogen-bond acceptors (Lipinski definition) is 2. The normalized spacial score (nSPS) is 8.00. The highest BCUT2D eigenvalue weighted by molar-refractivity contribution is 7.12. The minimum Gasteiger partial charge on any atom is -1.00 e. The van der Waals surface area contributed by atoms with Gasteiger partial charge in [-0.3, -0.25) is 4.79 Å². The summed E-state index contributed by atoms with van der Waals surface area (Å²) in [5, 5.41) is 1.82. The summed E-state index contributed by atoms with van der Waals surface area (Å²) in [6, 6.07) is 3.50. The van der Waals surface area contributed by atoms with E-state index < -0.39 is 0 Å². The Morgan fingerprint density at radius 3 is 2.56 bits per heavy atom. The fourth-order valence-electron chi connectivity index (χ4n) is 0.419. The maximum absolute atomic E-state index is 10.3. The Hall–Kier alpha value is -0.540. The molecular formula is C5H5ClNOS-. The molecule has 0 aliphatic rings. The van der Waals surface area contributed by atoms with Crippen LogP contribution in [0.25, 0.3) is 0 Å². The summed E-state index contributed by atoms with van der Waals surface area (Å²) in [5.74, 6) is -0.347. The molecule has 0 unspecified atom stereocenters. The van der Waals surface area contributed by atoms with Gasteiger partial charge in [-0.25, -0.2) is 0 Å². The van der Waals surface area contributed by atoms with Crippen LogP contribution in [0.1, 0.15) is 9.67 Å². The Labute approximate surface area is 63.1 Å². The molecule has 1 heterocycles. The molecule has 2 N–H and O–H groups in total. The fourth-order valence-corrected chi connectivity index (χ4v) is 0.996. The molecule has 0 bridgehead atoms. The van der Waals surface area contributed by atoms with Crippen LogP contribution in [-0.4, -0.2) is 5.91 Å². The second kappa shape index (κ2) is 3.48. The maximum atomic E-state index is 10.3. The Morgan fingerprint density at radius 2 is 2.33 bits per heavy atom. The smallest absolute Gasteiger partial charge is 0.258 e. The van der Waals surface area contributed by atoms with Gasteiger partial charge in [0.2, 0.25) is 0 Å². The summed E-state index contributed by atoms with van der Waals surface area (Å²) in [7, 11) is 0. The number of amides is 1. The van der Waals surface area contributed by atoms with Gasteiger partial charge in [-0.05, 0) is 11.4 Å². The minimum absolute atomic E-state index is 0. The SMILES string of the molecule is NC(=O)c1cccs1.[Cl-]. The number of rotatable bonds is 1. The molecule has 9 heavy (non-hydrogen) atoms. The van der Waals surface area contributed by atoms with Crippen molar-refractivity contribution in [1.82, 2.24) is 0 Å². The molecule has 0 radical (unpaired) electrons. The summed E-state index contributed by atoms with van der Waals surface area (Å²) in [4.78, 5) is 10.9. The number of nitrogens with two attached hydrogens (primary N) is 1. The Bertz CT molecular complexity index is 185. The maximum Gasteiger partial charge on any atom is 0.258 e. The predicted octanol–water partition coefficient (Wildman–Crippen LogP) is -2.15. The van der Waals surface area contributed by atoms with Crippen LogP contribution in [0, 0.1) is 0 Å². The molecule has 1 aromatic heterocycles. The minimum atomic E-state index is -0.347. The van der Waals surface area contributed by atoms with Gasteiger partial charge >= 0.3 is 0 Å². The highest BCUT2D eigenvalue weighted by Gasteiger charge is 1.96. The van der Waals surface area contributed by atoms with E-state index >= 15 is 0 Å². The lowest BCUT2D eigenvalue weighted by atomic mass is 10.5. The molecule has 0 aliphatic carbocycles. The van der Waals surface area contributed by atoms with Gasteiger partial charge in [0.15, 0.2) is 0 Å². The van der Waals surface area contributed by atoms with Crippen molar-refractivity contribution >= 4 is 17.2 Å². The van der Waals surface area contributed by atoms with Crippen LogP contribution in [0.15, 0.2) is 17.5 Å². The van der Waals surface area contributed by atoms with Gasteiger partial charge in [0.25, 0.3) is 5.91 Å². The predicted molar refractivity (Wildman–Crippen MR) is 32.8 cm³/mol. The lowest BCUT2D eigenvalue weighted by Gasteiger charge is -1.80. The molecule has 0 atom stereocenters. The van der Waals surface area contributed by atoms with Gasteiger partial charge in [0, 0.05) is 0 Å². The first-order valence-corrected chi connectivity index (χ1v) is 3.02. The second-order valence-electron chi connectivity index (χ2n) is 1.34. The van der Waals surface area contributed by atoms with Gasteiger partial charge in [-0.15, -0.1) is 11.3 Å². The molecule has 1 aromatic rings. The molecule has 0 fully saturated rings. The van der Waals surface area contributed by atoms with Crippen molar-refractivity contribution in [2.24, 2.45) is 5.73 Å². The van der Waals surface area contributed by atoms with E-state index in [0.717, 1.165) is 0 Å². The zero-order valence-corrected chi connectivity index (χ0v) is 6.08. The van der Waals surface area contributed by atoms with E-state index in [1.807, 2.05) is 5.38 Å². The largest absolute Gasteiger partial charge is 1.00 e. The van der Waals surface area contributed by atoms with Crippen LogP contribution in [0.2, 0.25) is 0 Å². The molecule has 0 aliphatic heterocycles. The van der Waals surface area contributed by atoms with Crippen molar-refractivity contribution < 1.29 is 17.2 Å². The Morgan fingerprint density at radius 1 is 1.67 bits per heavy atom. The van der Waals surface area contributed by atoms with Crippen LogP contribution < -0.4 is 18.1 Å². The summed E-state index contributed by atoms with van der Waals surface area (Å²) < 4.78 is 0. The zero-order valence-electron chi connectivity index (χ0n) is 4.50. The van der Waals surface area contributed by atoms with Gasteiger partial charge in [-0.2, -0.15) is 0 Å². The van der Waals surface area contributed by atoms with Gasteiger partial charge in [0.05, 0.1) is 4.88 Å². The molecule has 50 valence electrons. The zero-order chi connectivity index (χ0) is 5.98. The summed E-state index contributed by atoms with van der Waals surface area (Å²) in [6.45, 7) is 0. The molecule has 0 aromatic carbocycles. The van der Waals surface area contributed by atoms with Gasteiger partial charge in [0.1, 0.15) is 0 Å². The first-order chi connectivity index (χ1) is 3.80. The van der Waals surface area contributed by atoms with E-state index in [9.17, 15) is 4.79 Å². The first-order valence-electron chi connectivity index (χ1n) is 2.14. The molecule has 2 nitrogen and oxygen atoms in total. The van der Waals surface area contributed by atoms with E-state index in [2.05, 4.69) is 0 Å². The summed E-state index contributed by atoms with van der Waals surface area (Å²) >= 11 is 1.36. The van der Waals surface area contributed by atoms with Crippen molar-refractivity contribution in [3.63, 3.8) is 0 Å². The van der Waals surface area contributed by atoms with E-state index in [-0.39, 0.29) is 18.3 Å². The van der Waals surface area contributed by atoms with Crippen molar-refractivity contribution in [1.29, 1.82) is 0 Å². The quantitative estimate of drug-likeness (QED) is 0.503. The highest BCUT2D eigenvalue weighted by atomic mass is 35.5. The third-order valence-electron chi connectivity index (χ3n) is 0.764. The van der Waals surface area contributed by atoms with Gasteiger partial charge in [-0.1, -0.05) is 6.07 Å². The van der Waals surface area contributed by atoms with E-state index in [1.54, 1.807) is 12.1 Å². The third kappa shape index (κ3) is 2.03.